The molecular formula is C7H4F3N3O2S. The molecule has 0 radical (unpaired) electrons. The third kappa shape index (κ3) is 2.26. The van der Waals surface area contributed by atoms with E-state index in [1.807, 2.05) is 0 Å². The van der Waals surface area contributed by atoms with Crippen LogP contribution < -0.4 is 0 Å². The molecule has 0 aliphatic carbocycles. The Kier molecular flexibility index (Phi) is 3.41. The maximum Gasteiger partial charge on any atom is 0.341 e. The number of alkyl halides is 2. The van der Waals surface area contributed by atoms with Gasteiger partial charge in [-0.2, -0.15) is 8.78 Å². The molecule has 1 aromatic rings. The predicted octanol–water partition coefficient (Wildman–Crippen LogP) is 2.76. The van der Waals surface area contributed by atoms with Gasteiger partial charge in [0.25, 0.3) is 0 Å². The zero-order valence-corrected chi connectivity index (χ0v) is 8.33. The second-order valence-corrected chi connectivity index (χ2v) is 4.49. The summed E-state index contributed by atoms with van der Waals surface area (Å²) in [5.41, 5.74) is 7.53. The van der Waals surface area contributed by atoms with E-state index >= 15 is 0 Å². The van der Waals surface area contributed by atoms with Crippen LogP contribution >= 0.6 is 0 Å². The molecule has 0 aromatic heterocycles. The summed E-state index contributed by atoms with van der Waals surface area (Å²) in [5, 5.41) is 2.90. The van der Waals surface area contributed by atoms with Crippen LogP contribution in [0, 0.1) is 5.82 Å². The van der Waals surface area contributed by atoms with Crippen molar-refractivity contribution in [2.45, 2.75) is 10.7 Å². The summed E-state index contributed by atoms with van der Waals surface area (Å²) in [7, 11) is -4.99. The van der Waals surface area contributed by atoms with Crippen molar-refractivity contribution in [2.24, 2.45) is 5.11 Å². The minimum Gasteiger partial charge on any atom is -0.218 e. The average molecular weight is 251 g/mol. The number of azide groups is 1. The van der Waals surface area contributed by atoms with Gasteiger partial charge in [0.05, 0.1) is 10.6 Å². The largest absolute Gasteiger partial charge is 0.341 e. The van der Waals surface area contributed by atoms with E-state index in [0.29, 0.717) is 6.07 Å². The number of benzene rings is 1. The maximum atomic E-state index is 12.7. The molecule has 1 aromatic carbocycles. The van der Waals surface area contributed by atoms with Gasteiger partial charge in [0.1, 0.15) is 5.82 Å². The standard InChI is InChI=1S/C7H4F3N3O2S/c8-4-1-2-5(12-13-11)6(3-4)16(14,15)7(9)10/h1-3,7H. The van der Waals surface area contributed by atoms with Crippen LogP contribution in [0.3, 0.4) is 0 Å². The quantitative estimate of drug-likeness (QED) is 0.470. The van der Waals surface area contributed by atoms with Crippen molar-refractivity contribution in [2.75, 3.05) is 0 Å². The van der Waals surface area contributed by atoms with Gasteiger partial charge in [0.15, 0.2) is 0 Å². The van der Waals surface area contributed by atoms with E-state index in [1.54, 1.807) is 0 Å². The van der Waals surface area contributed by atoms with Crippen LogP contribution in [0.15, 0.2) is 28.2 Å². The summed E-state index contributed by atoms with van der Waals surface area (Å²) >= 11 is 0. The van der Waals surface area contributed by atoms with Crippen LogP contribution in [0.5, 0.6) is 0 Å². The molecule has 5 nitrogen and oxygen atoms in total. The summed E-state index contributed by atoms with van der Waals surface area (Å²) < 4.78 is 59.3. The number of rotatable bonds is 3. The molecule has 0 saturated carbocycles. The van der Waals surface area contributed by atoms with Crippen molar-refractivity contribution in [3.05, 3.63) is 34.5 Å². The number of hydrogen-bond donors (Lipinski definition) is 0. The van der Waals surface area contributed by atoms with Crippen LogP contribution in [0.25, 0.3) is 10.4 Å². The number of hydrogen-bond acceptors (Lipinski definition) is 3. The highest BCUT2D eigenvalue weighted by Gasteiger charge is 2.29. The summed E-state index contributed by atoms with van der Waals surface area (Å²) in [6, 6.07) is 1.99. The zero-order chi connectivity index (χ0) is 12.3. The molecule has 0 bridgehead atoms. The lowest BCUT2D eigenvalue weighted by molar-refractivity contribution is 0.234. The molecule has 0 aliphatic heterocycles. The van der Waals surface area contributed by atoms with Gasteiger partial charge in [-0.05, 0) is 23.7 Å². The molecular weight excluding hydrogens is 247 g/mol. The fourth-order valence-corrected chi connectivity index (χ4v) is 1.81. The van der Waals surface area contributed by atoms with Crippen molar-refractivity contribution < 1.29 is 21.6 Å². The fraction of sp³-hybridized carbons (Fsp3) is 0.143. The third-order valence-electron chi connectivity index (χ3n) is 1.62. The van der Waals surface area contributed by atoms with Crippen LogP contribution in [-0.4, -0.2) is 14.2 Å². The molecule has 9 heteroatoms. The first-order valence-corrected chi connectivity index (χ1v) is 5.31. The van der Waals surface area contributed by atoms with E-state index in [1.165, 1.54) is 0 Å². The van der Waals surface area contributed by atoms with Gasteiger partial charge < -0.3 is 0 Å². The molecule has 0 saturated heterocycles. The van der Waals surface area contributed by atoms with E-state index in [0.717, 1.165) is 12.1 Å². The van der Waals surface area contributed by atoms with Crippen molar-refractivity contribution in [3.63, 3.8) is 0 Å². The molecule has 86 valence electrons. The third-order valence-corrected chi connectivity index (χ3v) is 3.02. The molecule has 0 aliphatic rings. The van der Waals surface area contributed by atoms with Gasteiger partial charge in [-0.15, -0.1) is 0 Å². The van der Waals surface area contributed by atoms with Gasteiger partial charge in [0.2, 0.25) is 9.84 Å². The molecule has 0 heterocycles. The number of halogens is 3. The normalized spacial score (nSPS) is 11.2. The monoisotopic (exact) mass is 251 g/mol. The van der Waals surface area contributed by atoms with Crippen LogP contribution in [0.1, 0.15) is 0 Å². The lowest BCUT2D eigenvalue weighted by atomic mass is 10.3. The molecule has 0 fully saturated rings. The van der Waals surface area contributed by atoms with Crippen molar-refractivity contribution in [1.29, 1.82) is 0 Å². The van der Waals surface area contributed by atoms with E-state index < -0.39 is 32.0 Å². The van der Waals surface area contributed by atoms with E-state index in [4.69, 9.17) is 5.53 Å². The Morgan fingerprint density at radius 2 is 2.00 bits per heavy atom. The highest BCUT2D eigenvalue weighted by Crippen LogP contribution is 2.29. The Bertz CT molecular complexity index is 552. The smallest absolute Gasteiger partial charge is 0.218 e. The molecule has 0 spiro atoms. The Labute approximate surface area is 88.1 Å². The van der Waals surface area contributed by atoms with Crippen molar-refractivity contribution in [3.8, 4) is 0 Å². The fourth-order valence-electron chi connectivity index (χ4n) is 0.943. The van der Waals surface area contributed by atoms with Gasteiger partial charge >= 0.3 is 5.76 Å². The predicted molar refractivity (Wildman–Crippen MR) is 48.4 cm³/mol. The second kappa shape index (κ2) is 4.42. The van der Waals surface area contributed by atoms with Crippen molar-refractivity contribution >= 4 is 15.5 Å². The van der Waals surface area contributed by atoms with Gasteiger partial charge in [-0.1, -0.05) is 5.11 Å². The Hall–Kier alpha value is -1.73. The highest BCUT2D eigenvalue weighted by atomic mass is 32.2. The Balaban J connectivity index is 3.54. The lowest BCUT2D eigenvalue weighted by Gasteiger charge is -2.05. The summed E-state index contributed by atoms with van der Waals surface area (Å²) in [4.78, 5) is 1.23. The first kappa shape index (κ1) is 12.3. The Morgan fingerprint density at radius 3 is 2.50 bits per heavy atom. The minimum atomic E-state index is -4.99. The molecule has 0 N–H and O–H groups in total. The van der Waals surface area contributed by atoms with Crippen LogP contribution in [0.2, 0.25) is 0 Å². The first-order valence-electron chi connectivity index (χ1n) is 3.76. The summed E-state index contributed by atoms with van der Waals surface area (Å²) in [6.45, 7) is 0. The Morgan fingerprint density at radius 1 is 1.38 bits per heavy atom. The molecule has 16 heavy (non-hydrogen) atoms. The first-order chi connectivity index (χ1) is 7.39. The zero-order valence-electron chi connectivity index (χ0n) is 7.51. The lowest BCUT2D eigenvalue weighted by Crippen LogP contribution is -2.11. The van der Waals surface area contributed by atoms with Crippen molar-refractivity contribution in [1.82, 2.24) is 0 Å². The van der Waals surface area contributed by atoms with E-state index in [-0.39, 0.29) is 0 Å². The second-order valence-electron chi connectivity index (χ2n) is 2.61. The molecule has 1 rings (SSSR count). The minimum absolute atomic E-state index is 0.380. The molecule has 0 atom stereocenters. The topological polar surface area (TPSA) is 82.9 Å². The van der Waals surface area contributed by atoms with Crippen LogP contribution in [0.4, 0.5) is 18.9 Å². The number of sulfone groups is 1. The highest BCUT2D eigenvalue weighted by molar-refractivity contribution is 7.91. The average Bonchev–Trinajstić information content (AvgIpc) is 2.20. The van der Waals surface area contributed by atoms with Gasteiger partial charge in [0, 0.05) is 4.91 Å². The summed E-state index contributed by atoms with van der Waals surface area (Å²) in [6.07, 6.45) is 0. The molecule has 0 unspecified atom stereocenters. The molecule has 0 amide bonds. The number of nitrogens with zero attached hydrogens (tertiary/aromatic N) is 3. The van der Waals surface area contributed by atoms with Crippen LogP contribution in [-0.2, 0) is 9.84 Å². The summed E-state index contributed by atoms with van der Waals surface area (Å²) in [5.74, 6) is -4.72. The maximum absolute atomic E-state index is 12.7. The van der Waals surface area contributed by atoms with E-state index in [2.05, 4.69) is 10.0 Å². The SMILES string of the molecule is [N-]=[N+]=Nc1ccc(F)cc1S(=O)(=O)C(F)F. The van der Waals surface area contributed by atoms with E-state index in [9.17, 15) is 21.6 Å². The van der Waals surface area contributed by atoms with Gasteiger partial charge in [-0.3, -0.25) is 0 Å². The van der Waals surface area contributed by atoms with Gasteiger partial charge in [-0.25, -0.2) is 12.8 Å².